The lowest BCUT2D eigenvalue weighted by Gasteiger charge is -2.03. The van der Waals surface area contributed by atoms with Crippen LogP contribution in [0.15, 0.2) is 46.9 Å². The first kappa shape index (κ1) is 12.6. The molecule has 0 aliphatic carbocycles. The van der Waals surface area contributed by atoms with Crippen molar-refractivity contribution in [1.29, 1.82) is 0 Å². The summed E-state index contributed by atoms with van der Waals surface area (Å²) in [6.45, 7) is 0. The van der Waals surface area contributed by atoms with Crippen LogP contribution in [0.3, 0.4) is 0 Å². The minimum Gasteiger partial charge on any atom is -0.289 e. The zero-order chi connectivity index (χ0) is 12.4. The van der Waals surface area contributed by atoms with E-state index in [4.69, 9.17) is 23.2 Å². The number of hydrogen-bond donors (Lipinski definition) is 0. The van der Waals surface area contributed by atoms with Gasteiger partial charge in [0, 0.05) is 20.6 Å². The third-order valence-electron chi connectivity index (χ3n) is 2.29. The molecule has 0 aromatic heterocycles. The first-order valence-electron chi connectivity index (χ1n) is 4.83. The van der Waals surface area contributed by atoms with E-state index in [2.05, 4.69) is 15.9 Å². The van der Waals surface area contributed by atoms with Gasteiger partial charge in [-0.3, -0.25) is 4.79 Å². The zero-order valence-electron chi connectivity index (χ0n) is 8.58. The number of halogens is 3. The molecular weight excluding hydrogens is 323 g/mol. The van der Waals surface area contributed by atoms with Gasteiger partial charge < -0.3 is 0 Å². The normalized spacial score (nSPS) is 10.3. The van der Waals surface area contributed by atoms with Crippen molar-refractivity contribution in [2.75, 3.05) is 0 Å². The van der Waals surface area contributed by atoms with Gasteiger partial charge in [-0.15, -0.1) is 0 Å². The molecule has 0 N–H and O–H groups in total. The lowest BCUT2D eigenvalue weighted by Crippen LogP contribution is -2.00. The SMILES string of the molecule is O=C(c1ccc(Cl)cc1)c1ccc(Cl)c(Br)c1. The van der Waals surface area contributed by atoms with Crippen LogP contribution in [0.25, 0.3) is 0 Å². The van der Waals surface area contributed by atoms with E-state index in [-0.39, 0.29) is 5.78 Å². The Morgan fingerprint density at radius 3 is 2.12 bits per heavy atom. The first-order valence-corrected chi connectivity index (χ1v) is 6.38. The molecule has 0 atom stereocenters. The third-order valence-corrected chi connectivity index (χ3v) is 3.75. The van der Waals surface area contributed by atoms with Gasteiger partial charge in [-0.1, -0.05) is 23.2 Å². The fraction of sp³-hybridized carbons (Fsp3) is 0. The molecule has 0 bridgehead atoms. The highest BCUT2D eigenvalue weighted by Gasteiger charge is 2.10. The van der Waals surface area contributed by atoms with Crippen molar-refractivity contribution in [1.82, 2.24) is 0 Å². The van der Waals surface area contributed by atoms with E-state index in [9.17, 15) is 4.79 Å². The summed E-state index contributed by atoms with van der Waals surface area (Å²) in [6, 6.07) is 11.9. The van der Waals surface area contributed by atoms with Gasteiger partial charge in [0.05, 0.1) is 5.02 Å². The third kappa shape index (κ3) is 2.89. The highest BCUT2D eigenvalue weighted by atomic mass is 79.9. The van der Waals surface area contributed by atoms with Crippen LogP contribution in [-0.2, 0) is 0 Å². The molecule has 0 unspecified atom stereocenters. The summed E-state index contributed by atoms with van der Waals surface area (Å²) >= 11 is 14.9. The summed E-state index contributed by atoms with van der Waals surface area (Å²) in [4.78, 5) is 12.1. The van der Waals surface area contributed by atoms with E-state index >= 15 is 0 Å². The highest BCUT2D eigenvalue weighted by molar-refractivity contribution is 9.10. The lowest BCUT2D eigenvalue weighted by atomic mass is 10.0. The molecule has 0 saturated heterocycles. The monoisotopic (exact) mass is 328 g/mol. The van der Waals surface area contributed by atoms with Gasteiger partial charge in [0.15, 0.2) is 5.78 Å². The molecule has 0 spiro atoms. The molecule has 2 aromatic carbocycles. The minimum atomic E-state index is -0.0565. The Morgan fingerprint density at radius 2 is 1.53 bits per heavy atom. The van der Waals surface area contributed by atoms with Crippen LogP contribution in [0, 0.1) is 0 Å². The zero-order valence-corrected chi connectivity index (χ0v) is 11.7. The summed E-state index contributed by atoms with van der Waals surface area (Å²) in [5.74, 6) is -0.0565. The van der Waals surface area contributed by atoms with E-state index in [1.54, 1.807) is 42.5 Å². The van der Waals surface area contributed by atoms with Gasteiger partial charge in [0.1, 0.15) is 0 Å². The Morgan fingerprint density at radius 1 is 0.941 bits per heavy atom. The van der Waals surface area contributed by atoms with Crippen molar-refractivity contribution in [3.05, 3.63) is 68.1 Å². The molecular formula is C13H7BrCl2O. The second kappa shape index (κ2) is 5.21. The fourth-order valence-corrected chi connectivity index (χ4v) is 2.03. The smallest absolute Gasteiger partial charge is 0.193 e. The molecule has 86 valence electrons. The molecule has 0 heterocycles. The van der Waals surface area contributed by atoms with Crippen LogP contribution in [0.5, 0.6) is 0 Å². The molecule has 0 aliphatic heterocycles. The van der Waals surface area contributed by atoms with E-state index in [1.165, 1.54) is 0 Å². The quantitative estimate of drug-likeness (QED) is 0.709. The topological polar surface area (TPSA) is 17.1 Å². The molecule has 0 aliphatic rings. The maximum atomic E-state index is 12.1. The molecule has 0 saturated carbocycles. The molecule has 4 heteroatoms. The fourth-order valence-electron chi connectivity index (χ4n) is 1.41. The van der Waals surface area contributed by atoms with Crippen molar-refractivity contribution < 1.29 is 4.79 Å². The number of rotatable bonds is 2. The van der Waals surface area contributed by atoms with Gasteiger partial charge in [-0.05, 0) is 58.4 Å². The Bertz CT molecular complexity index is 564. The average Bonchev–Trinajstić information content (AvgIpc) is 2.33. The molecule has 17 heavy (non-hydrogen) atoms. The highest BCUT2D eigenvalue weighted by Crippen LogP contribution is 2.24. The van der Waals surface area contributed by atoms with E-state index < -0.39 is 0 Å². The second-order valence-corrected chi connectivity index (χ2v) is 5.16. The predicted molar refractivity (Wildman–Crippen MR) is 74.0 cm³/mol. The summed E-state index contributed by atoms with van der Waals surface area (Å²) in [5, 5.41) is 1.19. The van der Waals surface area contributed by atoms with Crippen molar-refractivity contribution in [2.45, 2.75) is 0 Å². The van der Waals surface area contributed by atoms with Gasteiger partial charge in [-0.2, -0.15) is 0 Å². The van der Waals surface area contributed by atoms with Crippen LogP contribution in [-0.4, -0.2) is 5.78 Å². The summed E-state index contributed by atoms with van der Waals surface area (Å²) in [6.07, 6.45) is 0. The Balaban J connectivity index is 2.37. The largest absolute Gasteiger partial charge is 0.289 e. The number of benzene rings is 2. The van der Waals surface area contributed by atoms with E-state index in [0.29, 0.717) is 25.6 Å². The van der Waals surface area contributed by atoms with Gasteiger partial charge in [0.2, 0.25) is 0 Å². The Kier molecular flexibility index (Phi) is 3.87. The van der Waals surface area contributed by atoms with Gasteiger partial charge >= 0.3 is 0 Å². The Hall–Kier alpha value is -0.830. The van der Waals surface area contributed by atoms with Gasteiger partial charge in [0.25, 0.3) is 0 Å². The molecule has 0 amide bonds. The maximum absolute atomic E-state index is 12.1. The average molecular weight is 330 g/mol. The predicted octanol–water partition coefficient (Wildman–Crippen LogP) is 4.99. The number of hydrogen-bond acceptors (Lipinski definition) is 1. The molecule has 2 aromatic rings. The van der Waals surface area contributed by atoms with Crippen LogP contribution >= 0.6 is 39.1 Å². The van der Waals surface area contributed by atoms with E-state index in [1.807, 2.05) is 0 Å². The van der Waals surface area contributed by atoms with Crippen molar-refractivity contribution >= 4 is 44.9 Å². The van der Waals surface area contributed by atoms with Crippen molar-refractivity contribution in [2.24, 2.45) is 0 Å². The molecule has 0 fully saturated rings. The maximum Gasteiger partial charge on any atom is 0.193 e. The number of ketones is 1. The second-order valence-electron chi connectivity index (χ2n) is 3.46. The summed E-state index contributed by atoms with van der Waals surface area (Å²) < 4.78 is 0.707. The van der Waals surface area contributed by atoms with Crippen molar-refractivity contribution in [3.63, 3.8) is 0 Å². The number of carbonyl (C=O) groups is 1. The number of carbonyl (C=O) groups excluding carboxylic acids is 1. The van der Waals surface area contributed by atoms with Gasteiger partial charge in [-0.25, -0.2) is 0 Å². The van der Waals surface area contributed by atoms with E-state index in [0.717, 1.165) is 0 Å². The summed E-state index contributed by atoms with van der Waals surface area (Å²) in [5.41, 5.74) is 1.19. The van der Waals surface area contributed by atoms with Crippen molar-refractivity contribution in [3.8, 4) is 0 Å². The standard InChI is InChI=1S/C13H7BrCl2O/c14-11-7-9(3-6-12(11)16)13(17)8-1-4-10(15)5-2-8/h1-7H. The van der Waals surface area contributed by atoms with Crippen LogP contribution in [0.1, 0.15) is 15.9 Å². The molecule has 0 radical (unpaired) electrons. The summed E-state index contributed by atoms with van der Waals surface area (Å²) in [7, 11) is 0. The lowest BCUT2D eigenvalue weighted by molar-refractivity contribution is 0.103. The first-order chi connectivity index (χ1) is 8.08. The van der Waals surface area contributed by atoms with Crippen LogP contribution in [0.4, 0.5) is 0 Å². The van der Waals surface area contributed by atoms with Crippen LogP contribution in [0.2, 0.25) is 10.0 Å². The molecule has 1 nitrogen and oxygen atoms in total. The van der Waals surface area contributed by atoms with Crippen LogP contribution < -0.4 is 0 Å². The minimum absolute atomic E-state index is 0.0565. The Labute approximate surface area is 117 Å². The molecule has 2 rings (SSSR count).